The number of rotatable bonds is 2. The lowest BCUT2D eigenvalue weighted by atomic mass is 10.3. The molecule has 0 saturated heterocycles. The molecule has 0 unspecified atom stereocenters. The highest BCUT2D eigenvalue weighted by Gasteiger charge is 2.04. The first-order valence-corrected chi connectivity index (χ1v) is 5.63. The Morgan fingerprint density at radius 2 is 2.36 bits per heavy atom. The molecule has 0 saturated carbocycles. The van der Waals surface area contributed by atoms with Crippen LogP contribution in [0, 0.1) is 6.92 Å². The van der Waals surface area contributed by atoms with Gasteiger partial charge in [0.15, 0.2) is 5.75 Å². The van der Waals surface area contributed by atoms with Crippen LogP contribution in [0.1, 0.15) is 5.69 Å². The molecule has 2 aromatic rings. The maximum atomic E-state index is 5.54. The van der Waals surface area contributed by atoms with Gasteiger partial charge in [0.05, 0.1) is 5.69 Å². The van der Waals surface area contributed by atoms with E-state index in [1.807, 2.05) is 24.4 Å². The third-order valence-electron chi connectivity index (χ3n) is 1.61. The second-order valence-electron chi connectivity index (χ2n) is 2.63. The van der Waals surface area contributed by atoms with Gasteiger partial charge >= 0.3 is 0 Å². The van der Waals surface area contributed by atoms with Gasteiger partial charge in [-0.1, -0.05) is 11.3 Å². The highest BCUT2D eigenvalue weighted by atomic mass is 79.9. The molecule has 0 aliphatic heterocycles. The summed E-state index contributed by atoms with van der Waals surface area (Å²) in [6, 6.07) is 3.71. The molecular formula is C9H7BrN2OS. The van der Waals surface area contributed by atoms with Crippen LogP contribution in [-0.4, -0.2) is 9.97 Å². The second-order valence-corrected chi connectivity index (χ2v) is 4.26. The minimum absolute atomic E-state index is 0.618. The molecule has 0 aliphatic carbocycles. The van der Waals surface area contributed by atoms with Crippen LogP contribution in [0.2, 0.25) is 0 Å². The molecule has 0 amide bonds. The molecule has 0 radical (unpaired) electrons. The van der Waals surface area contributed by atoms with E-state index in [4.69, 9.17) is 4.74 Å². The average Bonchev–Trinajstić information content (AvgIpc) is 2.56. The van der Waals surface area contributed by atoms with E-state index in [2.05, 4.69) is 25.9 Å². The lowest BCUT2D eigenvalue weighted by Gasteiger charge is -2.02. The summed E-state index contributed by atoms with van der Waals surface area (Å²) in [5.41, 5.74) is 0.860. The van der Waals surface area contributed by atoms with Crippen LogP contribution < -0.4 is 4.74 Å². The Morgan fingerprint density at radius 3 is 3.00 bits per heavy atom. The maximum Gasteiger partial charge on any atom is 0.279 e. The van der Waals surface area contributed by atoms with Gasteiger partial charge in [-0.2, -0.15) is 4.98 Å². The van der Waals surface area contributed by atoms with Gasteiger partial charge in [0.25, 0.3) is 5.19 Å². The maximum absolute atomic E-state index is 5.54. The number of aryl methyl sites for hydroxylation is 1. The van der Waals surface area contributed by atoms with Crippen LogP contribution >= 0.6 is 27.3 Å². The number of hydrogen-bond acceptors (Lipinski definition) is 4. The number of pyridine rings is 1. The van der Waals surface area contributed by atoms with Crippen LogP contribution in [0.4, 0.5) is 0 Å². The molecule has 72 valence electrons. The summed E-state index contributed by atoms with van der Waals surface area (Å²) in [7, 11) is 0. The number of hydrogen-bond donors (Lipinski definition) is 0. The smallest absolute Gasteiger partial charge is 0.279 e. The van der Waals surface area contributed by atoms with Crippen molar-refractivity contribution in [2.24, 2.45) is 0 Å². The summed E-state index contributed by atoms with van der Waals surface area (Å²) in [6.07, 6.45) is 1.74. The predicted octanol–water partition coefficient (Wildman–Crippen LogP) is 3.40. The quantitative estimate of drug-likeness (QED) is 0.839. The molecule has 0 fully saturated rings. The van der Waals surface area contributed by atoms with E-state index in [1.54, 1.807) is 6.20 Å². The Balaban J connectivity index is 2.23. The van der Waals surface area contributed by atoms with E-state index in [0.29, 0.717) is 5.19 Å². The highest BCUT2D eigenvalue weighted by molar-refractivity contribution is 9.10. The Hall–Kier alpha value is -0.940. The van der Waals surface area contributed by atoms with E-state index in [9.17, 15) is 0 Å². The Kier molecular flexibility index (Phi) is 2.79. The monoisotopic (exact) mass is 270 g/mol. The van der Waals surface area contributed by atoms with Crippen molar-refractivity contribution < 1.29 is 4.74 Å². The molecule has 2 aromatic heterocycles. The summed E-state index contributed by atoms with van der Waals surface area (Å²) >= 11 is 4.71. The standard InChI is InChI=1S/C9H7BrN2OS/c1-6-7(3-2-4-11-6)13-9-12-8(10)5-14-9/h2-5H,1H3. The van der Waals surface area contributed by atoms with Gasteiger partial charge in [-0.15, -0.1) is 0 Å². The molecule has 0 spiro atoms. The minimum Gasteiger partial charge on any atom is -0.429 e. The predicted molar refractivity (Wildman–Crippen MR) is 58.9 cm³/mol. The summed E-state index contributed by atoms with van der Waals surface area (Å²) in [6.45, 7) is 1.90. The Bertz CT molecular complexity index is 444. The van der Waals surface area contributed by atoms with Crippen molar-refractivity contribution in [1.29, 1.82) is 0 Å². The van der Waals surface area contributed by atoms with Gasteiger partial charge < -0.3 is 4.74 Å². The van der Waals surface area contributed by atoms with Crippen molar-refractivity contribution in [3.63, 3.8) is 0 Å². The van der Waals surface area contributed by atoms with Gasteiger partial charge in [-0.3, -0.25) is 4.98 Å². The number of ether oxygens (including phenoxy) is 1. The van der Waals surface area contributed by atoms with Gasteiger partial charge in [0.1, 0.15) is 4.60 Å². The SMILES string of the molecule is Cc1ncccc1Oc1nc(Br)cs1. The Labute approximate surface area is 93.9 Å². The van der Waals surface area contributed by atoms with E-state index in [1.165, 1.54) is 11.3 Å². The molecule has 2 rings (SSSR count). The minimum atomic E-state index is 0.618. The first-order chi connectivity index (χ1) is 6.75. The molecule has 0 aromatic carbocycles. The van der Waals surface area contributed by atoms with E-state index < -0.39 is 0 Å². The van der Waals surface area contributed by atoms with Crippen LogP contribution in [-0.2, 0) is 0 Å². The fraction of sp³-hybridized carbons (Fsp3) is 0.111. The summed E-state index contributed by atoms with van der Waals surface area (Å²) < 4.78 is 6.34. The lowest BCUT2D eigenvalue weighted by Crippen LogP contribution is -1.88. The molecule has 0 bridgehead atoms. The summed E-state index contributed by atoms with van der Waals surface area (Å²) in [4.78, 5) is 8.25. The molecule has 14 heavy (non-hydrogen) atoms. The number of halogens is 1. The van der Waals surface area contributed by atoms with Crippen molar-refractivity contribution >= 4 is 27.3 Å². The third-order valence-corrected chi connectivity index (χ3v) is 3.04. The number of nitrogens with zero attached hydrogens (tertiary/aromatic N) is 2. The zero-order valence-corrected chi connectivity index (χ0v) is 9.80. The third kappa shape index (κ3) is 2.10. The number of thiazole rings is 1. The first kappa shape index (κ1) is 9.61. The first-order valence-electron chi connectivity index (χ1n) is 3.96. The molecule has 3 nitrogen and oxygen atoms in total. The zero-order valence-electron chi connectivity index (χ0n) is 7.40. The molecule has 5 heteroatoms. The van der Waals surface area contributed by atoms with Gasteiger partial charge in [-0.25, -0.2) is 0 Å². The summed E-state index contributed by atoms with van der Waals surface area (Å²) in [5.74, 6) is 0.745. The molecular weight excluding hydrogens is 264 g/mol. The molecule has 2 heterocycles. The largest absolute Gasteiger partial charge is 0.429 e. The Morgan fingerprint density at radius 1 is 1.50 bits per heavy atom. The highest BCUT2D eigenvalue weighted by Crippen LogP contribution is 2.28. The van der Waals surface area contributed by atoms with Gasteiger partial charge in [0, 0.05) is 11.6 Å². The van der Waals surface area contributed by atoms with E-state index in [-0.39, 0.29) is 0 Å². The topological polar surface area (TPSA) is 35.0 Å². The normalized spacial score (nSPS) is 10.1. The summed E-state index contributed by atoms with van der Waals surface area (Å²) in [5, 5.41) is 2.49. The fourth-order valence-corrected chi connectivity index (χ4v) is 2.06. The number of aromatic nitrogens is 2. The molecule has 0 aliphatic rings. The van der Waals surface area contributed by atoms with Gasteiger partial charge in [-0.05, 0) is 35.0 Å². The van der Waals surface area contributed by atoms with Crippen LogP contribution in [0.15, 0.2) is 28.3 Å². The van der Waals surface area contributed by atoms with Crippen molar-refractivity contribution in [3.8, 4) is 10.9 Å². The van der Waals surface area contributed by atoms with Crippen molar-refractivity contribution in [1.82, 2.24) is 9.97 Å². The van der Waals surface area contributed by atoms with E-state index in [0.717, 1.165) is 16.0 Å². The van der Waals surface area contributed by atoms with Crippen LogP contribution in [0.25, 0.3) is 0 Å². The average molecular weight is 271 g/mol. The van der Waals surface area contributed by atoms with Crippen molar-refractivity contribution in [2.75, 3.05) is 0 Å². The van der Waals surface area contributed by atoms with E-state index >= 15 is 0 Å². The van der Waals surface area contributed by atoms with Crippen molar-refractivity contribution in [2.45, 2.75) is 6.92 Å². The van der Waals surface area contributed by atoms with Crippen molar-refractivity contribution in [3.05, 3.63) is 34.0 Å². The second kappa shape index (κ2) is 4.06. The molecule has 0 N–H and O–H groups in total. The van der Waals surface area contributed by atoms with Crippen LogP contribution in [0.5, 0.6) is 10.9 Å². The van der Waals surface area contributed by atoms with Crippen LogP contribution in [0.3, 0.4) is 0 Å². The fourth-order valence-electron chi connectivity index (χ4n) is 0.957. The molecule has 0 atom stereocenters. The lowest BCUT2D eigenvalue weighted by molar-refractivity contribution is 0.471. The van der Waals surface area contributed by atoms with Gasteiger partial charge in [0.2, 0.25) is 0 Å². The zero-order chi connectivity index (χ0) is 9.97.